The highest BCUT2D eigenvalue weighted by molar-refractivity contribution is 6.07. The molecule has 2 amide bonds. The van der Waals surface area contributed by atoms with E-state index in [1.807, 2.05) is 49.4 Å². The maximum absolute atomic E-state index is 13.5. The molecule has 5 nitrogen and oxygen atoms in total. The topological polar surface area (TPSA) is 58.6 Å². The molecular formula is C26H27FN2O3. The maximum atomic E-state index is 13.5. The van der Waals surface area contributed by atoms with Gasteiger partial charge in [-0.25, -0.2) is 4.39 Å². The minimum absolute atomic E-state index is 0.116. The number of carbonyl (C=O) groups excluding carboxylic acids is 2. The summed E-state index contributed by atoms with van der Waals surface area (Å²) in [7, 11) is 1.58. The number of nitrogens with one attached hydrogen (secondary N) is 1. The highest BCUT2D eigenvalue weighted by atomic mass is 19.1. The van der Waals surface area contributed by atoms with Gasteiger partial charge >= 0.3 is 0 Å². The van der Waals surface area contributed by atoms with E-state index in [-0.39, 0.29) is 30.6 Å². The minimum Gasteiger partial charge on any atom is -0.383 e. The van der Waals surface area contributed by atoms with Crippen LogP contribution in [0.4, 0.5) is 10.1 Å². The van der Waals surface area contributed by atoms with E-state index in [9.17, 15) is 14.0 Å². The van der Waals surface area contributed by atoms with E-state index in [2.05, 4.69) is 5.32 Å². The van der Waals surface area contributed by atoms with E-state index in [0.717, 1.165) is 16.7 Å². The molecule has 3 aromatic rings. The smallest absolute Gasteiger partial charge is 0.258 e. The van der Waals surface area contributed by atoms with Crippen LogP contribution in [-0.4, -0.2) is 32.1 Å². The highest BCUT2D eigenvalue weighted by Crippen LogP contribution is 2.23. The van der Waals surface area contributed by atoms with Gasteiger partial charge < -0.3 is 15.0 Å². The molecule has 0 spiro atoms. The van der Waals surface area contributed by atoms with Crippen molar-refractivity contribution in [3.63, 3.8) is 0 Å². The second-order valence-electron chi connectivity index (χ2n) is 7.52. The summed E-state index contributed by atoms with van der Waals surface area (Å²) in [4.78, 5) is 27.4. The number of rotatable bonds is 9. The zero-order valence-electron chi connectivity index (χ0n) is 18.3. The second-order valence-corrected chi connectivity index (χ2v) is 7.52. The van der Waals surface area contributed by atoms with Gasteiger partial charge in [0, 0.05) is 24.9 Å². The first kappa shape index (κ1) is 23.2. The Morgan fingerprint density at radius 2 is 1.72 bits per heavy atom. The van der Waals surface area contributed by atoms with Crippen molar-refractivity contribution >= 4 is 17.5 Å². The third-order valence-corrected chi connectivity index (χ3v) is 5.09. The predicted molar refractivity (Wildman–Crippen MR) is 123 cm³/mol. The molecule has 0 atom stereocenters. The number of carbonyl (C=O) groups is 2. The van der Waals surface area contributed by atoms with Gasteiger partial charge in [0.15, 0.2) is 0 Å². The quantitative estimate of drug-likeness (QED) is 0.511. The van der Waals surface area contributed by atoms with E-state index in [0.29, 0.717) is 24.4 Å². The summed E-state index contributed by atoms with van der Waals surface area (Å²) in [5.41, 5.74) is 3.73. The average molecular weight is 435 g/mol. The number of halogens is 1. The first-order valence-electron chi connectivity index (χ1n) is 10.4. The summed E-state index contributed by atoms with van der Waals surface area (Å²) < 4.78 is 18.3. The molecule has 0 heterocycles. The fourth-order valence-corrected chi connectivity index (χ4v) is 3.39. The minimum atomic E-state index is -0.327. The molecule has 3 rings (SSSR count). The average Bonchev–Trinajstić information content (AvgIpc) is 2.79. The monoisotopic (exact) mass is 434 g/mol. The summed E-state index contributed by atoms with van der Waals surface area (Å²) in [5, 5.41) is 2.80. The lowest BCUT2D eigenvalue weighted by atomic mass is 10.1. The Morgan fingerprint density at radius 1 is 0.969 bits per heavy atom. The first-order valence-corrected chi connectivity index (χ1v) is 10.4. The summed E-state index contributed by atoms with van der Waals surface area (Å²) in [6, 6.07) is 20.9. The molecule has 0 aromatic heterocycles. The van der Waals surface area contributed by atoms with Crippen LogP contribution >= 0.6 is 0 Å². The molecule has 32 heavy (non-hydrogen) atoms. The number of methoxy groups -OCH3 is 1. The van der Waals surface area contributed by atoms with Gasteiger partial charge in [-0.05, 0) is 53.9 Å². The van der Waals surface area contributed by atoms with Crippen molar-refractivity contribution in [2.75, 3.05) is 25.2 Å². The Labute approximate surface area is 187 Å². The van der Waals surface area contributed by atoms with Gasteiger partial charge in [0.1, 0.15) is 5.82 Å². The zero-order valence-corrected chi connectivity index (χ0v) is 18.3. The number of amides is 2. The Morgan fingerprint density at radius 3 is 2.44 bits per heavy atom. The Kier molecular flexibility index (Phi) is 8.11. The third-order valence-electron chi connectivity index (χ3n) is 5.09. The fourth-order valence-electron chi connectivity index (χ4n) is 3.39. The summed E-state index contributed by atoms with van der Waals surface area (Å²) in [6.07, 6.45) is 0.195. The Bertz CT molecular complexity index is 1070. The van der Waals surface area contributed by atoms with Crippen molar-refractivity contribution in [3.05, 3.63) is 101 Å². The van der Waals surface area contributed by atoms with Gasteiger partial charge in [0.25, 0.3) is 5.91 Å². The molecule has 1 N–H and O–H groups in total. The second kappa shape index (κ2) is 11.2. The van der Waals surface area contributed by atoms with Crippen molar-refractivity contribution in [1.29, 1.82) is 0 Å². The molecular weight excluding hydrogens is 407 g/mol. The zero-order chi connectivity index (χ0) is 22.9. The largest absolute Gasteiger partial charge is 0.383 e. The maximum Gasteiger partial charge on any atom is 0.258 e. The molecule has 166 valence electrons. The van der Waals surface area contributed by atoms with Gasteiger partial charge in [0.2, 0.25) is 5.91 Å². The van der Waals surface area contributed by atoms with E-state index in [1.165, 1.54) is 12.1 Å². The standard InChI is InChI=1S/C26H27FN2O3/c1-19-6-3-4-9-24(19)26(31)29(18-20-10-12-22(27)13-11-20)23-8-5-7-21(16-23)17-25(30)28-14-15-32-2/h3-13,16H,14-15,17-18H2,1-2H3,(H,28,30). The van der Waals surface area contributed by atoms with Crippen LogP contribution < -0.4 is 10.2 Å². The lowest BCUT2D eigenvalue weighted by Gasteiger charge is -2.24. The molecule has 0 aliphatic heterocycles. The molecule has 3 aromatic carbocycles. The lowest BCUT2D eigenvalue weighted by Crippen LogP contribution is -2.31. The van der Waals surface area contributed by atoms with Crippen LogP contribution in [-0.2, 0) is 22.5 Å². The first-order chi connectivity index (χ1) is 15.5. The molecule has 0 saturated carbocycles. The number of nitrogens with zero attached hydrogens (tertiary/aromatic N) is 1. The molecule has 0 unspecified atom stereocenters. The van der Waals surface area contributed by atoms with E-state index in [1.54, 1.807) is 30.2 Å². The molecule has 0 aliphatic carbocycles. The van der Waals surface area contributed by atoms with E-state index < -0.39 is 0 Å². The highest BCUT2D eigenvalue weighted by Gasteiger charge is 2.20. The van der Waals surface area contributed by atoms with Gasteiger partial charge in [-0.3, -0.25) is 9.59 Å². The summed E-state index contributed by atoms with van der Waals surface area (Å²) in [6.45, 7) is 3.06. The molecule has 0 aliphatic rings. The summed E-state index contributed by atoms with van der Waals surface area (Å²) >= 11 is 0. The fraction of sp³-hybridized carbons (Fsp3) is 0.231. The molecule has 0 bridgehead atoms. The van der Waals surface area contributed by atoms with E-state index in [4.69, 9.17) is 4.74 Å². The van der Waals surface area contributed by atoms with Crippen molar-refractivity contribution in [1.82, 2.24) is 5.32 Å². The summed E-state index contributed by atoms with van der Waals surface area (Å²) in [5.74, 6) is -0.601. The SMILES string of the molecule is COCCNC(=O)Cc1cccc(N(Cc2ccc(F)cc2)C(=O)c2ccccc2C)c1. The molecule has 0 radical (unpaired) electrons. The van der Waals surface area contributed by atoms with E-state index >= 15 is 0 Å². The van der Waals surface area contributed by atoms with Gasteiger partial charge in [-0.2, -0.15) is 0 Å². The molecule has 6 heteroatoms. The number of anilines is 1. The van der Waals surface area contributed by atoms with Gasteiger partial charge in [-0.1, -0.05) is 42.5 Å². The van der Waals surface area contributed by atoms with Gasteiger partial charge in [-0.15, -0.1) is 0 Å². The normalized spacial score (nSPS) is 10.6. The van der Waals surface area contributed by atoms with Crippen molar-refractivity contribution in [2.24, 2.45) is 0 Å². The number of hydrogen-bond donors (Lipinski definition) is 1. The predicted octanol–water partition coefficient (Wildman–Crippen LogP) is 4.29. The van der Waals surface area contributed by atoms with Gasteiger partial charge in [0.05, 0.1) is 19.6 Å². The lowest BCUT2D eigenvalue weighted by molar-refractivity contribution is -0.120. The Balaban J connectivity index is 1.89. The van der Waals surface area contributed by atoms with Crippen molar-refractivity contribution in [3.8, 4) is 0 Å². The van der Waals surface area contributed by atoms with Crippen LogP contribution in [0.2, 0.25) is 0 Å². The van der Waals surface area contributed by atoms with Crippen LogP contribution in [0.25, 0.3) is 0 Å². The van der Waals surface area contributed by atoms with Crippen molar-refractivity contribution < 1.29 is 18.7 Å². The van der Waals surface area contributed by atoms with Crippen LogP contribution in [0.3, 0.4) is 0 Å². The van der Waals surface area contributed by atoms with Crippen molar-refractivity contribution in [2.45, 2.75) is 19.9 Å². The van der Waals surface area contributed by atoms with Crippen LogP contribution in [0.1, 0.15) is 27.0 Å². The molecule has 0 fully saturated rings. The molecule has 0 saturated heterocycles. The number of ether oxygens (including phenoxy) is 1. The third kappa shape index (κ3) is 6.25. The number of aryl methyl sites for hydroxylation is 1. The number of hydrogen-bond acceptors (Lipinski definition) is 3. The van der Waals surface area contributed by atoms with Crippen LogP contribution in [0.5, 0.6) is 0 Å². The van der Waals surface area contributed by atoms with Crippen LogP contribution in [0, 0.1) is 12.7 Å². The number of benzene rings is 3. The van der Waals surface area contributed by atoms with Crippen LogP contribution in [0.15, 0.2) is 72.8 Å². The Hall–Kier alpha value is -3.51.